The highest BCUT2D eigenvalue weighted by Gasteiger charge is 2.27. The Morgan fingerprint density at radius 3 is 2.46 bits per heavy atom. The zero-order valence-corrected chi connectivity index (χ0v) is 22.1. The molecule has 1 aliphatic heterocycles. The van der Waals surface area contributed by atoms with Crippen LogP contribution in [0, 0.1) is 20.8 Å². The molecule has 7 nitrogen and oxygen atoms in total. The van der Waals surface area contributed by atoms with Crippen molar-refractivity contribution in [2.75, 3.05) is 24.5 Å². The molecule has 0 spiro atoms. The maximum absolute atomic E-state index is 13.3. The van der Waals surface area contributed by atoms with Crippen LogP contribution in [0.2, 0.25) is 0 Å². The Morgan fingerprint density at radius 1 is 0.973 bits per heavy atom. The third-order valence-corrected chi connectivity index (χ3v) is 7.63. The summed E-state index contributed by atoms with van der Waals surface area (Å²) in [4.78, 5) is 30.8. The summed E-state index contributed by atoms with van der Waals surface area (Å²) in [5, 5.41) is 6.00. The first-order valence-electron chi connectivity index (χ1n) is 13.1. The Labute approximate surface area is 217 Å². The second kappa shape index (κ2) is 10.2. The topological polar surface area (TPSA) is 63.4 Å². The number of hydrogen-bond acceptors (Lipinski definition) is 4. The van der Waals surface area contributed by atoms with Crippen LogP contribution < -0.4 is 10.5 Å². The molecule has 37 heavy (non-hydrogen) atoms. The number of amides is 1. The summed E-state index contributed by atoms with van der Waals surface area (Å²) in [6.07, 6.45) is 3.01. The highest BCUT2D eigenvalue weighted by Crippen LogP contribution is 2.24. The van der Waals surface area contributed by atoms with E-state index in [0.29, 0.717) is 18.4 Å². The summed E-state index contributed by atoms with van der Waals surface area (Å²) in [7, 11) is 0. The smallest absolute Gasteiger partial charge is 0.281 e. The summed E-state index contributed by atoms with van der Waals surface area (Å²) in [6.45, 7) is 11.3. The number of aromatic nitrogens is 3. The SMILES string of the molecule is Cc1cccc(N2CCN(C(=O)CCCn3c(C)c4cnn(-c5ccccc5)c(=O)c4c3C)CC2C)c1. The van der Waals surface area contributed by atoms with Crippen molar-refractivity contribution in [2.24, 2.45) is 0 Å². The number of benzene rings is 2. The standard InChI is InChI=1S/C30H35N5O2/c1-21-10-8-13-26(18-21)33-17-16-32(20-22(33)2)28(36)14-9-15-34-23(3)27-19-31-35(25-11-6-5-7-12-25)30(37)29(27)24(34)4/h5-8,10-13,18-19,22H,9,14-17,20H2,1-4H3. The first kappa shape index (κ1) is 24.8. The Bertz CT molecular complexity index is 1490. The number of nitrogens with zero attached hydrogens (tertiary/aromatic N) is 5. The van der Waals surface area contributed by atoms with Crippen LogP contribution in [0.25, 0.3) is 16.5 Å². The van der Waals surface area contributed by atoms with Crippen molar-refractivity contribution in [3.63, 3.8) is 0 Å². The molecule has 1 fully saturated rings. The van der Waals surface area contributed by atoms with Gasteiger partial charge in [-0.2, -0.15) is 9.78 Å². The van der Waals surface area contributed by atoms with Gasteiger partial charge in [-0.05, 0) is 63.9 Å². The zero-order valence-electron chi connectivity index (χ0n) is 22.1. The fourth-order valence-corrected chi connectivity index (χ4v) is 5.62. The molecule has 3 heterocycles. The predicted octanol–water partition coefficient (Wildman–Crippen LogP) is 4.63. The van der Waals surface area contributed by atoms with Gasteiger partial charge in [0.1, 0.15) is 0 Å². The highest BCUT2D eigenvalue weighted by molar-refractivity contribution is 5.87. The Kier molecular flexibility index (Phi) is 6.87. The number of para-hydroxylation sites is 1. The molecule has 0 saturated carbocycles. The zero-order chi connectivity index (χ0) is 26.1. The Balaban J connectivity index is 1.25. The summed E-state index contributed by atoms with van der Waals surface area (Å²) in [5.74, 6) is 0.204. The summed E-state index contributed by atoms with van der Waals surface area (Å²) < 4.78 is 3.62. The molecular formula is C30H35N5O2. The van der Waals surface area contributed by atoms with Crippen molar-refractivity contribution in [1.82, 2.24) is 19.2 Å². The van der Waals surface area contributed by atoms with Gasteiger partial charge in [-0.15, -0.1) is 0 Å². The molecular weight excluding hydrogens is 462 g/mol. The van der Waals surface area contributed by atoms with E-state index in [1.807, 2.05) is 49.1 Å². The van der Waals surface area contributed by atoms with E-state index in [0.717, 1.165) is 48.5 Å². The number of carbonyl (C=O) groups is 1. The molecule has 1 amide bonds. The van der Waals surface area contributed by atoms with Crippen molar-refractivity contribution in [2.45, 2.75) is 53.1 Å². The van der Waals surface area contributed by atoms with Gasteiger partial charge in [0.05, 0.1) is 17.3 Å². The Morgan fingerprint density at radius 2 is 1.73 bits per heavy atom. The molecule has 1 aliphatic rings. The molecule has 2 aromatic heterocycles. The molecule has 1 saturated heterocycles. The van der Waals surface area contributed by atoms with E-state index in [4.69, 9.17) is 0 Å². The molecule has 192 valence electrons. The van der Waals surface area contributed by atoms with Gasteiger partial charge < -0.3 is 14.4 Å². The first-order chi connectivity index (χ1) is 17.8. The molecule has 7 heteroatoms. The lowest BCUT2D eigenvalue weighted by Crippen LogP contribution is -2.53. The molecule has 0 aliphatic carbocycles. The van der Waals surface area contributed by atoms with Gasteiger partial charge in [-0.1, -0.05) is 30.3 Å². The van der Waals surface area contributed by atoms with Crippen LogP contribution in [0.1, 0.15) is 36.7 Å². The van der Waals surface area contributed by atoms with Crippen LogP contribution in [-0.4, -0.2) is 50.8 Å². The lowest BCUT2D eigenvalue weighted by atomic mass is 10.1. The van der Waals surface area contributed by atoms with Crippen LogP contribution in [0.3, 0.4) is 0 Å². The number of piperazine rings is 1. The normalized spacial score (nSPS) is 15.9. The number of rotatable bonds is 6. The van der Waals surface area contributed by atoms with E-state index < -0.39 is 0 Å². The van der Waals surface area contributed by atoms with Gasteiger partial charge in [0.15, 0.2) is 0 Å². The number of fused-ring (bicyclic) bond motifs is 1. The molecule has 4 aromatic rings. The highest BCUT2D eigenvalue weighted by atomic mass is 16.2. The largest absolute Gasteiger partial charge is 0.365 e. The molecule has 2 aromatic carbocycles. The molecule has 0 bridgehead atoms. The molecule has 1 unspecified atom stereocenters. The van der Waals surface area contributed by atoms with Crippen LogP contribution in [0.15, 0.2) is 65.6 Å². The number of aryl methyl sites for hydroxylation is 3. The lowest BCUT2D eigenvalue weighted by Gasteiger charge is -2.41. The lowest BCUT2D eigenvalue weighted by molar-refractivity contribution is -0.132. The fourth-order valence-electron chi connectivity index (χ4n) is 5.62. The summed E-state index contributed by atoms with van der Waals surface area (Å²) in [6, 6.07) is 18.3. The number of hydrogen-bond donors (Lipinski definition) is 0. The van der Waals surface area contributed by atoms with Crippen molar-refractivity contribution >= 4 is 22.4 Å². The fraction of sp³-hybridized carbons (Fsp3) is 0.367. The van der Waals surface area contributed by atoms with Gasteiger partial charge in [-0.25, -0.2) is 0 Å². The molecule has 5 rings (SSSR count). The molecule has 0 radical (unpaired) electrons. The Hall–Kier alpha value is -3.87. The first-order valence-corrected chi connectivity index (χ1v) is 13.1. The van der Waals surface area contributed by atoms with E-state index in [1.54, 1.807) is 6.20 Å². The van der Waals surface area contributed by atoms with Crippen molar-refractivity contribution in [3.05, 3.63) is 88.1 Å². The van der Waals surface area contributed by atoms with E-state index in [-0.39, 0.29) is 17.5 Å². The van der Waals surface area contributed by atoms with Gasteiger partial charge in [-0.3, -0.25) is 9.59 Å². The second-order valence-electron chi connectivity index (χ2n) is 10.1. The monoisotopic (exact) mass is 497 g/mol. The van der Waals surface area contributed by atoms with E-state index in [1.165, 1.54) is 15.9 Å². The quantitative estimate of drug-likeness (QED) is 0.390. The minimum atomic E-state index is -0.111. The molecule has 0 N–H and O–H groups in total. The van der Waals surface area contributed by atoms with Gasteiger partial charge in [0.2, 0.25) is 5.91 Å². The molecule has 1 atom stereocenters. The minimum Gasteiger partial charge on any atom is -0.365 e. The van der Waals surface area contributed by atoms with E-state index in [9.17, 15) is 9.59 Å². The van der Waals surface area contributed by atoms with Crippen LogP contribution >= 0.6 is 0 Å². The number of carbonyl (C=O) groups excluding carboxylic acids is 1. The maximum atomic E-state index is 13.3. The van der Waals surface area contributed by atoms with Crippen molar-refractivity contribution < 1.29 is 4.79 Å². The van der Waals surface area contributed by atoms with Crippen LogP contribution in [0.4, 0.5) is 5.69 Å². The van der Waals surface area contributed by atoms with Gasteiger partial charge in [0, 0.05) is 61.1 Å². The van der Waals surface area contributed by atoms with Gasteiger partial charge in [0.25, 0.3) is 5.56 Å². The summed E-state index contributed by atoms with van der Waals surface area (Å²) >= 11 is 0. The average molecular weight is 498 g/mol. The maximum Gasteiger partial charge on any atom is 0.281 e. The third kappa shape index (κ3) is 4.78. The third-order valence-electron chi connectivity index (χ3n) is 7.63. The van der Waals surface area contributed by atoms with E-state index in [2.05, 4.69) is 52.7 Å². The van der Waals surface area contributed by atoms with Crippen molar-refractivity contribution in [1.29, 1.82) is 0 Å². The van der Waals surface area contributed by atoms with Crippen molar-refractivity contribution in [3.8, 4) is 5.69 Å². The van der Waals surface area contributed by atoms with Crippen LogP contribution in [-0.2, 0) is 11.3 Å². The van der Waals surface area contributed by atoms with E-state index >= 15 is 0 Å². The van der Waals surface area contributed by atoms with Crippen LogP contribution in [0.5, 0.6) is 0 Å². The summed E-state index contributed by atoms with van der Waals surface area (Å²) in [5.41, 5.74) is 5.07. The average Bonchev–Trinajstić information content (AvgIpc) is 3.14. The predicted molar refractivity (Wildman–Crippen MR) is 149 cm³/mol. The second-order valence-corrected chi connectivity index (χ2v) is 10.1. The number of anilines is 1. The minimum absolute atomic E-state index is 0.111. The van der Waals surface area contributed by atoms with Gasteiger partial charge >= 0.3 is 0 Å².